The number of amides is 1. The standard InChI is InChI=1S/C27H33F3N2O4/c1-26(2,3)36-25(33)32-12-8-11-21(23(32)17-9-6-5-7-10-17)31-15-18-13-20-19(14-22(18)34-4)16-35-24(20)27(28,29)30/h5-7,9-10,13-14,21,23-24,31H,8,11-12,15-16H2,1-4H3. The Labute approximate surface area is 209 Å². The third-order valence-electron chi connectivity index (χ3n) is 6.48. The molecule has 1 saturated heterocycles. The van der Waals surface area contributed by atoms with E-state index in [4.69, 9.17) is 14.2 Å². The largest absolute Gasteiger partial charge is 0.496 e. The molecule has 2 heterocycles. The average molecular weight is 507 g/mol. The topological polar surface area (TPSA) is 60.0 Å². The number of hydrogen-bond acceptors (Lipinski definition) is 5. The molecule has 2 aliphatic heterocycles. The number of piperidine rings is 1. The fourth-order valence-electron chi connectivity index (χ4n) is 4.96. The zero-order chi connectivity index (χ0) is 26.1. The monoisotopic (exact) mass is 506 g/mol. The van der Waals surface area contributed by atoms with Crippen molar-refractivity contribution in [1.82, 2.24) is 10.2 Å². The molecule has 2 aromatic carbocycles. The number of benzene rings is 2. The first-order chi connectivity index (χ1) is 17.0. The van der Waals surface area contributed by atoms with Gasteiger partial charge in [0, 0.05) is 24.7 Å². The number of ether oxygens (including phenoxy) is 3. The highest BCUT2D eigenvalue weighted by Gasteiger charge is 2.46. The highest BCUT2D eigenvalue weighted by atomic mass is 19.4. The van der Waals surface area contributed by atoms with Crippen LogP contribution in [0.2, 0.25) is 0 Å². The van der Waals surface area contributed by atoms with Crippen molar-refractivity contribution < 1.29 is 32.2 Å². The fourth-order valence-corrected chi connectivity index (χ4v) is 4.96. The minimum absolute atomic E-state index is 0.104. The van der Waals surface area contributed by atoms with Crippen molar-refractivity contribution in [2.45, 2.75) is 76.7 Å². The van der Waals surface area contributed by atoms with E-state index in [2.05, 4.69) is 5.32 Å². The lowest BCUT2D eigenvalue weighted by Crippen LogP contribution is -2.51. The van der Waals surface area contributed by atoms with Crippen molar-refractivity contribution in [3.05, 3.63) is 64.7 Å². The molecule has 0 aliphatic carbocycles. The van der Waals surface area contributed by atoms with Gasteiger partial charge in [-0.3, -0.25) is 4.90 Å². The van der Waals surface area contributed by atoms with E-state index in [1.54, 1.807) is 11.0 Å². The molecule has 2 aromatic rings. The fraction of sp³-hybridized carbons (Fsp3) is 0.519. The number of carbonyl (C=O) groups is 1. The smallest absolute Gasteiger partial charge is 0.418 e. The molecule has 0 aromatic heterocycles. The van der Waals surface area contributed by atoms with Gasteiger partial charge in [-0.05, 0) is 62.4 Å². The summed E-state index contributed by atoms with van der Waals surface area (Å²) in [4.78, 5) is 14.9. The lowest BCUT2D eigenvalue weighted by atomic mass is 9.90. The van der Waals surface area contributed by atoms with Crippen molar-refractivity contribution in [1.29, 1.82) is 0 Å². The summed E-state index contributed by atoms with van der Waals surface area (Å²) in [6, 6.07) is 12.4. The Bertz CT molecular complexity index is 1070. The third kappa shape index (κ3) is 5.78. The maximum absolute atomic E-state index is 13.5. The van der Waals surface area contributed by atoms with Crippen LogP contribution in [-0.4, -0.2) is 42.5 Å². The molecule has 2 aliphatic rings. The van der Waals surface area contributed by atoms with Crippen LogP contribution in [0.5, 0.6) is 5.75 Å². The van der Waals surface area contributed by atoms with Crippen molar-refractivity contribution >= 4 is 6.09 Å². The van der Waals surface area contributed by atoms with Gasteiger partial charge in [0.25, 0.3) is 0 Å². The minimum Gasteiger partial charge on any atom is -0.496 e. The summed E-state index contributed by atoms with van der Waals surface area (Å²) < 4.78 is 56.7. The van der Waals surface area contributed by atoms with Crippen LogP contribution in [0.1, 0.15) is 68.0 Å². The molecule has 1 fully saturated rings. The summed E-state index contributed by atoms with van der Waals surface area (Å²) in [6.07, 6.45) is -5.25. The molecule has 36 heavy (non-hydrogen) atoms. The Hall–Kier alpha value is -2.78. The number of nitrogens with one attached hydrogen (secondary N) is 1. The molecule has 0 radical (unpaired) electrons. The highest BCUT2D eigenvalue weighted by Crippen LogP contribution is 2.44. The summed E-state index contributed by atoms with van der Waals surface area (Å²) in [6.45, 7) is 6.23. The second-order valence-electron chi connectivity index (χ2n) is 10.3. The molecule has 3 unspecified atom stereocenters. The van der Waals surface area contributed by atoms with Crippen LogP contribution in [0.4, 0.5) is 18.0 Å². The number of rotatable bonds is 5. The van der Waals surface area contributed by atoms with Gasteiger partial charge in [0.15, 0.2) is 6.10 Å². The van der Waals surface area contributed by atoms with Gasteiger partial charge in [-0.2, -0.15) is 13.2 Å². The zero-order valence-corrected chi connectivity index (χ0v) is 21.0. The molecular formula is C27H33F3N2O4. The number of hydrogen-bond donors (Lipinski definition) is 1. The van der Waals surface area contributed by atoms with E-state index >= 15 is 0 Å². The summed E-state index contributed by atoms with van der Waals surface area (Å²) in [5.41, 5.74) is 1.55. The Morgan fingerprint density at radius 1 is 1.17 bits per heavy atom. The second kappa shape index (κ2) is 10.3. The molecule has 6 nitrogen and oxygen atoms in total. The first kappa shape index (κ1) is 26.3. The molecule has 1 N–H and O–H groups in total. The van der Waals surface area contributed by atoms with E-state index in [0.717, 1.165) is 18.4 Å². The van der Waals surface area contributed by atoms with Gasteiger partial charge in [-0.15, -0.1) is 0 Å². The number of alkyl halides is 3. The first-order valence-corrected chi connectivity index (χ1v) is 12.1. The molecule has 3 atom stereocenters. The Morgan fingerprint density at radius 2 is 1.89 bits per heavy atom. The van der Waals surface area contributed by atoms with E-state index in [1.807, 2.05) is 51.1 Å². The van der Waals surface area contributed by atoms with Crippen molar-refractivity contribution in [3.63, 3.8) is 0 Å². The van der Waals surface area contributed by atoms with E-state index in [-0.39, 0.29) is 36.9 Å². The third-order valence-corrected chi connectivity index (χ3v) is 6.48. The number of carbonyl (C=O) groups excluding carboxylic acids is 1. The van der Waals surface area contributed by atoms with E-state index in [1.165, 1.54) is 13.2 Å². The van der Waals surface area contributed by atoms with Gasteiger partial charge in [0.1, 0.15) is 11.4 Å². The maximum Gasteiger partial charge on any atom is 0.418 e. The van der Waals surface area contributed by atoms with Crippen LogP contribution in [0, 0.1) is 0 Å². The predicted molar refractivity (Wildman–Crippen MR) is 129 cm³/mol. The predicted octanol–water partition coefficient (Wildman–Crippen LogP) is 6.06. The summed E-state index contributed by atoms with van der Waals surface area (Å²) in [7, 11) is 1.50. The van der Waals surface area contributed by atoms with Crippen LogP contribution in [0.15, 0.2) is 42.5 Å². The van der Waals surface area contributed by atoms with E-state index < -0.39 is 17.9 Å². The van der Waals surface area contributed by atoms with Crippen molar-refractivity contribution in [2.24, 2.45) is 0 Å². The lowest BCUT2D eigenvalue weighted by Gasteiger charge is -2.42. The van der Waals surface area contributed by atoms with E-state index in [0.29, 0.717) is 23.4 Å². The summed E-state index contributed by atoms with van der Waals surface area (Å²) in [5.74, 6) is 0.503. The first-order valence-electron chi connectivity index (χ1n) is 12.1. The average Bonchev–Trinajstić information content (AvgIpc) is 3.24. The van der Waals surface area contributed by atoms with E-state index in [9.17, 15) is 18.0 Å². The molecule has 196 valence electrons. The van der Waals surface area contributed by atoms with Crippen molar-refractivity contribution in [2.75, 3.05) is 13.7 Å². The van der Waals surface area contributed by atoms with Gasteiger partial charge >= 0.3 is 12.3 Å². The number of methoxy groups -OCH3 is 1. The van der Waals surface area contributed by atoms with Crippen LogP contribution in [-0.2, 0) is 22.6 Å². The summed E-state index contributed by atoms with van der Waals surface area (Å²) in [5, 5.41) is 3.50. The highest BCUT2D eigenvalue weighted by molar-refractivity contribution is 5.69. The molecule has 0 bridgehead atoms. The zero-order valence-electron chi connectivity index (χ0n) is 21.0. The number of halogens is 3. The SMILES string of the molecule is COc1cc2c(cc1CNC1CCCN(C(=O)OC(C)(C)C)C1c1ccccc1)C(C(F)(F)F)OC2. The van der Waals surface area contributed by atoms with Gasteiger partial charge in [-0.1, -0.05) is 30.3 Å². The molecule has 9 heteroatoms. The van der Waals surface area contributed by atoms with Gasteiger partial charge in [0.05, 0.1) is 19.8 Å². The van der Waals surface area contributed by atoms with Crippen LogP contribution in [0.3, 0.4) is 0 Å². The molecule has 0 saturated carbocycles. The minimum atomic E-state index is -4.49. The molecular weight excluding hydrogens is 473 g/mol. The number of likely N-dealkylation sites (tertiary alicyclic amines) is 1. The van der Waals surface area contributed by atoms with Gasteiger partial charge < -0.3 is 19.5 Å². The van der Waals surface area contributed by atoms with Crippen LogP contribution < -0.4 is 10.1 Å². The normalized spacial score (nSPS) is 22.3. The van der Waals surface area contributed by atoms with Crippen LogP contribution >= 0.6 is 0 Å². The quantitative estimate of drug-likeness (QED) is 0.534. The Morgan fingerprint density at radius 3 is 2.53 bits per heavy atom. The number of nitrogens with zero attached hydrogens (tertiary/aromatic N) is 1. The Balaban J connectivity index is 1.60. The van der Waals surface area contributed by atoms with Gasteiger partial charge in [0.2, 0.25) is 0 Å². The van der Waals surface area contributed by atoms with Gasteiger partial charge in [-0.25, -0.2) is 4.79 Å². The number of fused-ring (bicyclic) bond motifs is 1. The molecule has 0 spiro atoms. The van der Waals surface area contributed by atoms with Crippen molar-refractivity contribution in [3.8, 4) is 5.75 Å². The second-order valence-corrected chi connectivity index (χ2v) is 10.3. The Kier molecular flexibility index (Phi) is 7.52. The lowest BCUT2D eigenvalue weighted by molar-refractivity contribution is -0.219. The maximum atomic E-state index is 13.5. The van der Waals surface area contributed by atoms with Crippen LogP contribution in [0.25, 0.3) is 0 Å². The summed E-state index contributed by atoms with van der Waals surface area (Å²) >= 11 is 0. The molecule has 4 rings (SSSR count). The molecule has 1 amide bonds.